The fourth-order valence-electron chi connectivity index (χ4n) is 4.15. The van der Waals surface area contributed by atoms with Gasteiger partial charge in [0.1, 0.15) is 17.7 Å². The molecule has 0 radical (unpaired) electrons. The Morgan fingerprint density at radius 3 is 2.44 bits per heavy atom. The third-order valence-corrected chi connectivity index (χ3v) is 6.77. The molecule has 1 aliphatic carbocycles. The number of unbranched alkanes of at least 4 members (excludes halogenated alkanes) is 2. The monoisotopic (exact) mass is 519 g/mol. The molecule has 0 aliphatic heterocycles. The fourth-order valence-corrected chi connectivity index (χ4v) is 4.62. The minimum absolute atomic E-state index is 0.0268. The normalized spacial score (nSPS) is 15.1. The molecule has 2 N–H and O–H groups in total. The van der Waals surface area contributed by atoms with Gasteiger partial charge in [-0.25, -0.2) is 4.79 Å². The minimum Gasteiger partial charge on any atom is -0.444 e. The summed E-state index contributed by atoms with van der Waals surface area (Å²) >= 11 is 1.61. The van der Waals surface area contributed by atoms with E-state index in [4.69, 9.17) is 4.74 Å². The molecule has 7 nitrogen and oxygen atoms in total. The number of carbonyl (C=O) groups excluding carboxylic acids is 3. The van der Waals surface area contributed by atoms with E-state index in [0.717, 1.165) is 48.8 Å². The maximum Gasteiger partial charge on any atom is 0.408 e. The number of nitrogens with one attached hydrogen (secondary N) is 2. The van der Waals surface area contributed by atoms with Crippen molar-refractivity contribution in [1.29, 1.82) is 0 Å². The summed E-state index contributed by atoms with van der Waals surface area (Å²) < 4.78 is 5.45. The average molecular weight is 520 g/mol. The van der Waals surface area contributed by atoms with Crippen molar-refractivity contribution in [2.24, 2.45) is 0 Å². The molecular formula is C28H45N3O4S. The summed E-state index contributed by atoms with van der Waals surface area (Å²) in [6, 6.07) is 4.48. The van der Waals surface area contributed by atoms with Crippen LogP contribution in [0.25, 0.3) is 0 Å². The number of hydrogen-bond acceptors (Lipinski definition) is 5. The van der Waals surface area contributed by atoms with Crippen molar-refractivity contribution in [2.45, 2.75) is 104 Å². The molecule has 0 bridgehead atoms. The zero-order chi connectivity index (χ0) is 26.9. The van der Waals surface area contributed by atoms with Crippen molar-refractivity contribution < 1.29 is 19.1 Å². The van der Waals surface area contributed by atoms with E-state index in [2.05, 4.69) is 17.6 Å². The largest absolute Gasteiger partial charge is 0.444 e. The van der Waals surface area contributed by atoms with Crippen LogP contribution in [-0.2, 0) is 14.3 Å². The van der Waals surface area contributed by atoms with Crippen molar-refractivity contribution in [2.75, 3.05) is 18.6 Å². The summed E-state index contributed by atoms with van der Waals surface area (Å²) in [6.45, 7) is 12.1. The van der Waals surface area contributed by atoms with Crippen molar-refractivity contribution in [1.82, 2.24) is 15.5 Å². The first-order valence-corrected chi connectivity index (χ1v) is 14.5. The third kappa shape index (κ3) is 9.34. The summed E-state index contributed by atoms with van der Waals surface area (Å²) in [5.74, 6) is 0.301. The first kappa shape index (κ1) is 30.0. The molecule has 2 atom stereocenters. The van der Waals surface area contributed by atoms with Gasteiger partial charge >= 0.3 is 6.09 Å². The number of carbonyl (C=O) groups is 3. The van der Waals surface area contributed by atoms with Crippen LogP contribution in [0.3, 0.4) is 0 Å². The van der Waals surface area contributed by atoms with E-state index in [1.807, 2.05) is 38.3 Å². The lowest BCUT2D eigenvalue weighted by atomic mass is 9.95. The first-order valence-electron chi connectivity index (χ1n) is 13.1. The molecule has 1 fully saturated rings. The van der Waals surface area contributed by atoms with Gasteiger partial charge in [-0.1, -0.05) is 43.5 Å². The summed E-state index contributed by atoms with van der Waals surface area (Å²) in [5.41, 5.74) is 2.17. The number of alkyl carbamates (subject to hydrolysis) is 1. The van der Waals surface area contributed by atoms with Gasteiger partial charge in [0, 0.05) is 12.6 Å². The Morgan fingerprint density at radius 1 is 1.17 bits per heavy atom. The standard InChI is InChI=1S/C28H45N3O4S/c1-8-9-10-16-29-25(32)24(22-18-19(2)11-12-20(22)3)31(21-13-14-21)26(33)23(15-17-36-7)30-27(34)35-28(4,5)6/h11-12,18,21,23-24H,8-10,13-17H2,1-7H3,(H,29,32)(H,30,34). The van der Waals surface area contributed by atoms with E-state index in [9.17, 15) is 14.4 Å². The maximum atomic E-state index is 14.1. The van der Waals surface area contributed by atoms with E-state index in [1.54, 1.807) is 37.4 Å². The van der Waals surface area contributed by atoms with Gasteiger partial charge in [-0.05, 0) is 83.4 Å². The smallest absolute Gasteiger partial charge is 0.408 e. The van der Waals surface area contributed by atoms with Crippen LogP contribution in [0.4, 0.5) is 4.79 Å². The SMILES string of the molecule is CCCCCNC(=O)C(c1cc(C)ccc1C)N(C(=O)C(CCSC)NC(=O)OC(C)(C)C)C1CC1. The summed E-state index contributed by atoms with van der Waals surface area (Å²) in [5, 5.41) is 5.89. The van der Waals surface area contributed by atoms with Gasteiger partial charge in [0.2, 0.25) is 11.8 Å². The molecular weight excluding hydrogens is 474 g/mol. The Bertz CT molecular complexity index is 895. The van der Waals surface area contributed by atoms with Crippen LogP contribution in [0.5, 0.6) is 0 Å². The Labute approximate surface area is 221 Å². The summed E-state index contributed by atoms with van der Waals surface area (Å²) in [6.07, 6.45) is 6.50. The van der Waals surface area contributed by atoms with Crippen molar-refractivity contribution >= 4 is 29.7 Å². The Balaban J connectivity index is 2.42. The van der Waals surface area contributed by atoms with Gasteiger partial charge < -0.3 is 20.3 Å². The van der Waals surface area contributed by atoms with Crippen LogP contribution in [0.2, 0.25) is 0 Å². The van der Waals surface area contributed by atoms with E-state index >= 15 is 0 Å². The van der Waals surface area contributed by atoms with Crippen LogP contribution >= 0.6 is 11.8 Å². The van der Waals surface area contributed by atoms with Crippen LogP contribution < -0.4 is 10.6 Å². The van der Waals surface area contributed by atoms with Crippen LogP contribution in [-0.4, -0.2) is 59.0 Å². The molecule has 1 aromatic carbocycles. The highest BCUT2D eigenvalue weighted by molar-refractivity contribution is 7.98. The van der Waals surface area contributed by atoms with Gasteiger partial charge in [0.25, 0.3) is 0 Å². The number of thioether (sulfide) groups is 1. The fraction of sp³-hybridized carbons (Fsp3) is 0.679. The molecule has 0 heterocycles. The highest BCUT2D eigenvalue weighted by Gasteiger charge is 2.44. The van der Waals surface area contributed by atoms with Gasteiger partial charge in [-0.15, -0.1) is 0 Å². The highest BCUT2D eigenvalue weighted by Crippen LogP contribution is 2.37. The van der Waals surface area contributed by atoms with Crippen molar-refractivity contribution in [3.63, 3.8) is 0 Å². The molecule has 2 unspecified atom stereocenters. The quantitative estimate of drug-likeness (QED) is 0.346. The lowest BCUT2D eigenvalue weighted by Crippen LogP contribution is -2.54. The summed E-state index contributed by atoms with van der Waals surface area (Å²) in [4.78, 5) is 42.1. The van der Waals surface area contributed by atoms with Crippen LogP contribution in [0, 0.1) is 13.8 Å². The molecule has 8 heteroatoms. The second-order valence-electron chi connectivity index (χ2n) is 10.7. The maximum absolute atomic E-state index is 14.1. The zero-order valence-corrected chi connectivity index (χ0v) is 23.9. The number of nitrogens with zero attached hydrogens (tertiary/aromatic N) is 1. The zero-order valence-electron chi connectivity index (χ0n) is 23.1. The molecule has 36 heavy (non-hydrogen) atoms. The van der Waals surface area contributed by atoms with Gasteiger partial charge in [-0.2, -0.15) is 11.8 Å². The molecule has 202 valence electrons. The molecule has 1 saturated carbocycles. The molecule has 0 aromatic heterocycles. The number of aryl methyl sites for hydroxylation is 2. The average Bonchev–Trinajstić information content (AvgIpc) is 3.63. The van der Waals surface area contributed by atoms with Gasteiger partial charge in [0.15, 0.2) is 0 Å². The second kappa shape index (κ2) is 13.9. The van der Waals surface area contributed by atoms with Crippen LogP contribution in [0.1, 0.15) is 89.0 Å². The van der Waals surface area contributed by atoms with E-state index in [0.29, 0.717) is 18.7 Å². The number of hydrogen-bond donors (Lipinski definition) is 2. The number of amides is 3. The summed E-state index contributed by atoms with van der Waals surface area (Å²) in [7, 11) is 0. The molecule has 2 rings (SSSR count). The van der Waals surface area contributed by atoms with E-state index in [1.165, 1.54) is 0 Å². The number of benzene rings is 1. The Kier molecular flexibility index (Phi) is 11.6. The highest BCUT2D eigenvalue weighted by atomic mass is 32.2. The predicted octanol–water partition coefficient (Wildman–Crippen LogP) is 5.29. The predicted molar refractivity (Wildman–Crippen MR) is 147 cm³/mol. The molecule has 3 amide bonds. The topological polar surface area (TPSA) is 87.7 Å². The second-order valence-corrected chi connectivity index (χ2v) is 11.7. The molecule has 0 spiro atoms. The van der Waals surface area contributed by atoms with E-state index in [-0.39, 0.29) is 17.9 Å². The van der Waals surface area contributed by atoms with Gasteiger partial charge in [0.05, 0.1) is 0 Å². The Hall–Kier alpha value is -2.22. The van der Waals surface area contributed by atoms with Crippen molar-refractivity contribution in [3.8, 4) is 0 Å². The lowest BCUT2D eigenvalue weighted by molar-refractivity contribution is -0.143. The third-order valence-electron chi connectivity index (χ3n) is 6.13. The molecule has 0 saturated heterocycles. The van der Waals surface area contributed by atoms with Crippen molar-refractivity contribution in [3.05, 3.63) is 34.9 Å². The minimum atomic E-state index is -0.770. The molecule has 1 aliphatic rings. The van der Waals surface area contributed by atoms with Crippen LogP contribution in [0.15, 0.2) is 18.2 Å². The number of ether oxygens (including phenoxy) is 1. The molecule has 1 aromatic rings. The first-order chi connectivity index (χ1) is 17.0. The number of rotatable bonds is 13. The van der Waals surface area contributed by atoms with E-state index < -0.39 is 23.8 Å². The van der Waals surface area contributed by atoms with Gasteiger partial charge in [-0.3, -0.25) is 9.59 Å². The lowest BCUT2D eigenvalue weighted by Gasteiger charge is -2.35. The Morgan fingerprint density at radius 2 is 1.86 bits per heavy atom.